The maximum Gasteiger partial charge on any atom is 0.221 e. The summed E-state index contributed by atoms with van der Waals surface area (Å²) in [6.07, 6.45) is 9.18. The molecule has 2 aliphatic heterocycles. The minimum Gasteiger partial charge on any atom is -0.381 e. The second-order valence-electron chi connectivity index (χ2n) is 5.76. The van der Waals surface area contributed by atoms with E-state index in [9.17, 15) is 4.79 Å². The summed E-state index contributed by atoms with van der Waals surface area (Å²) in [5, 5.41) is 3.34. The van der Waals surface area contributed by atoms with Crippen molar-refractivity contribution >= 4 is 5.91 Å². The third kappa shape index (κ3) is 1.41. The molecule has 90 valence electrons. The first-order chi connectivity index (χ1) is 7.77. The van der Waals surface area contributed by atoms with Gasteiger partial charge < -0.3 is 10.1 Å². The van der Waals surface area contributed by atoms with Crippen molar-refractivity contribution in [2.45, 2.75) is 56.9 Å². The number of amides is 1. The minimum absolute atomic E-state index is 0.131. The highest BCUT2D eigenvalue weighted by atomic mass is 16.5. The molecule has 0 aromatic heterocycles. The lowest BCUT2D eigenvalue weighted by Crippen LogP contribution is -2.55. The number of nitrogens with one attached hydrogen (secondary N) is 1. The summed E-state index contributed by atoms with van der Waals surface area (Å²) < 4.78 is 5.49. The van der Waals surface area contributed by atoms with Gasteiger partial charge >= 0.3 is 0 Å². The Kier molecular flexibility index (Phi) is 2.46. The number of ether oxygens (including phenoxy) is 1. The summed E-state index contributed by atoms with van der Waals surface area (Å²) in [7, 11) is 0. The fourth-order valence-corrected chi connectivity index (χ4v) is 4.15. The van der Waals surface area contributed by atoms with Gasteiger partial charge in [-0.05, 0) is 25.7 Å². The normalized spacial score (nSPS) is 31.9. The molecule has 3 heteroatoms. The van der Waals surface area contributed by atoms with Crippen molar-refractivity contribution in [1.82, 2.24) is 5.32 Å². The van der Waals surface area contributed by atoms with Gasteiger partial charge in [-0.2, -0.15) is 0 Å². The van der Waals surface area contributed by atoms with Crippen LogP contribution in [0.25, 0.3) is 0 Å². The molecular formula is C13H21NO2. The topological polar surface area (TPSA) is 38.3 Å². The van der Waals surface area contributed by atoms with Crippen LogP contribution in [0.4, 0.5) is 0 Å². The van der Waals surface area contributed by atoms with Gasteiger partial charge in [0.2, 0.25) is 5.91 Å². The maximum atomic E-state index is 11.8. The fourth-order valence-electron chi connectivity index (χ4n) is 4.15. The van der Waals surface area contributed by atoms with Gasteiger partial charge in [-0.25, -0.2) is 0 Å². The molecule has 2 spiro atoms. The molecule has 3 rings (SSSR count). The number of hydrogen-bond acceptors (Lipinski definition) is 2. The van der Waals surface area contributed by atoms with E-state index >= 15 is 0 Å². The second-order valence-corrected chi connectivity index (χ2v) is 5.76. The van der Waals surface area contributed by atoms with Crippen LogP contribution in [0.5, 0.6) is 0 Å². The predicted octanol–water partition coefficient (Wildman–Crippen LogP) is 2.01. The third-order valence-corrected chi connectivity index (χ3v) is 5.05. The van der Waals surface area contributed by atoms with Crippen molar-refractivity contribution in [2.24, 2.45) is 5.41 Å². The van der Waals surface area contributed by atoms with E-state index in [0.29, 0.717) is 0 Å². The summed E-state index contributed by atoms with van der Waals surface area (Å²) in [5.74, 6) is 0.281. The molecule has 0 unspecified atom stereocenters. The van der Waals surface area contributed by atoms with Gasteiger partial charge in [-0.3, -0.25) is 4.79 Å². The Balaban J connectivity index is 1.91. The molecule has 3 aliphatic rings. The van der Waals surface area contributed by atoms with Gasteiger partial charge in [-0.15, -0.1) is 0 Å². The van der Waals surface area contributed by atoms with Crippen molar-refractivity contribution in [3.63, 3.8) is 0 Å². The van der Waals surface area contributed by atoms with Gasteiger partial charge in [0.25, 0.3) is 0 Å². The molecule has 3 fully saturated rings. The lowest BCUT2D eigenvalue weighted by Gasteiger charge is -2.49. The molecule has 0 aromatic carbocycles. The summed E-state index contributed by atoms with van der Waals surface area (Å²) in [5.41, 5.74) is 0.356. The number of carbonyl (C=O) groups excluding carboxylic acids is 1. The Morgan fingerprint density at radius 1 is 1.00 bits per heavy atom. The first-order valence-corrected chi connectivity index (χ1v) is 6.65. The standard InChI is InChI=1S/C13H21NO2/c15-11-10-12(6-8-16-9-7-12)13(14-11)4-2-1-3-5-13/h1-10H2,(H,14,15). The quantitative estimate of drug-likeness (QED) is 0.682. The maximum absolute atomic E-state index is 11.8. The van der Waals surface area contributed by atoms with Crippen LogP contribution in [-0.2, 0) is 9.53 Å². The molecular weight excluding hydrogens is 202 g/mol. The number of fused-ring (bicyclic) bond motifs is 1. The number of rotatable bonds is 0. The van der Waals surface area contributed by atoms with Crippen LogP contribution >= 0.6 is 0 Å². The van der Waals surface area contributed by atoms with Crippen molar-refractivity contribution < 1.29 is 9.53 Å². The fraction of sp³-hybridized carbons (Fsp3) is 0.923. The van der Waals surface area contributed by atoms with Crippen LogP contribution < -0.4 is 5.32 Å². The van der Waals surface area contributed by atoms with Crippen LogP contribution in [0.15, 0.2) is 0 Å². The van der Waals surface area contributed by atoms with E-state index in [-0.39, 0.29) is 16.9 Å². The molecule has 2 heterocycles. The molecule has 0 radical (unpaired) electrons. The highest BCUT2D eigenvalue weighted by molar-refractivity contribution is 5.81. The van der Waals surface area contributed by atoms with Gasteiger partial charge in [0, 0.05) is 30.6 Å². The molecule has 3 nitrogen and oxygen atoms in total. The molecule has 0 atom stereocenters. The molecule has 16 heavy (non-hydrogen) atoms. The zero-order valence-electron chi connectivity index (χ0n) is 9.89. The smallest absolute Gasteiger partial charge is 0.221 e. The van der Waals surface area contributed by atoms with Crippen molar-refractivity contribution in [1.29, 1.82) is 0 Å². The first-order valence-electron chi connectivity index (χ1n) is 6.65. The lowest BCUT2D eigenvalue weighted by atomic mass is 9.60. The van der Waals surface area contributed by atoms with Crippen LogP contribution in [0.2, 0.25) is 0 Å². The summed E-state index contributed by atoms with van der Waals surface area (Å²) >= 11 is 0. The van der Waals surface area contributed by atoms with Gasteiger partial charge in [0.1, 0.15) is 0 Å². The average Bonchev–Trinajstić information content (AvgIpc) is 2.53. The van der Waals surface area contributed by atoms with E-state index in [1.165, 1.54) is 32.1 Å². The van der Waals surface area contributed by atoms with E-state index in [0.717, 1.165) is 32.5 Å². The largest absolute Gasteiger partial charge is 0.381 e. The SMILES string of the molecule is O=C1CC2(CCOCC2)C2(CCCCC2)N1. The Hall–Kier alpha value is -0.570. The molecule has 1 saturated carbocycles. The van der Waals surface area contributed by atoms with E-state index in [1.54, 1.807) is 0 Å². The Labute approximate surface area is 96.9 Å². The third-order valence-electron chi connectivity index (χ3n) is 5.05. The summed E-state index contributed by atoms with van der Waals surface area (Å²) in [6.45, 7) is 1.69. The highest BCUT2D eigenvalue weighted by Crippen LogP contribution is 2.53. The number of hydrogen-bond donors (Lipinski definition) is 1. The van der Waals surface area contributed by atoms with Crippen LogP contribution in [0, 0.1) is 5.41 Å². The number of carbonyl (C=O) groups is 1. The van der Waals surface area contributed by atoms with E-state index in [2.05, 4.69) is 5.32 Å². The summed E-state index contributed by atoms with van der Waals surface area (Å²) in [6, 6.07) is 0. The Morgan fingerprint density at radius 3 is 2.38 bits per heavy atom. The highest BCUT2D eigenvalue weighted by Gasteiger charge is 2.57. The zero-order chi connectivity index (χ0) is 11.1. The lowest BCUT2D eigenvalue weighted by molar-refractivity contribution is -0.120. The Morgan fingerprint density at radius 2 is 1.69 bits per heavy atom. The minimum atomic E-state index is 0.131. The van der Waals surface area contributed by atoms with Gasteiger partial charge in [-0.1, -0.05) is 19.3 Å². The van der Waals surface area contributed by atoms with E-state index < -0.39 is 0 Å². The van der Waals surface area contributed by atoms with Crippen molar-refractivity contribution in [3.8, 4) is 0 Å². The summed E-state index contributed by atoms with van der Waals surface area (Å²) in [4.78, 5) is 11.8. The molecule has 1 aliphatic carbocycles. The first kappa shape index (κ1) is 10.6. The van der Waals surface area contributed by atoms with E-state index in [1.807, 2.05) is 0 Å². The molecule has 1 amide bonds. The van der Waals surface area contributed by atoms with Crippen LogP contribution in [0.3, 0.4) is 0 Å². The Bertz CT molecular complexity index is 260. The molecule has 0 aromatic rings. The van der Waals surface area contributed by atoms with Crippen molar-refractivity contribution in [2.75, 3.05) is 13.2 Å². The van der Waals surface area contributed by atoms with Crippen LogP contribution in [-0.4, -0.2) is 24.7 Å². The predicted molar refractivity (Wildman–Crippen MR) is 61.1 cm³/mol. The monoisotopic (exact) mass is 223 g/mol. The molecule has 1 N–H and O–H groups in total. The second kappa shape index (κ2) is 3.73. The molecule has 2 saturated heterocycles. The van der Waals surface area contributed by atoms with E-state index in [4.69, 9.17) is 4.74 Å². The van der Waals surface area contributed by atoms with Crippen molar-refractivity contribution in [3.05, 3.63) is 0 Å². The van der Waals surface area contributed by atoms with Gasteiger partial charge in [0.05, 0.1) is 0 Å². The molecule has 0 bridgehead atoms. The van der Waals surface area contributed by atoms with Crippen LogP contribution in [0.1, 0.15) is 51.4 Å². The average molecular weight is 223 g/mol. The van der Waals surface area contributed by atoms with Gasteiger partial charge in [0.15, 0.2) is 0 Å². The zero-order valence-corrected chi connectivity index (χ0v) is 9.89.